The Kier molecular flexibility index (Phi) is 2.27. The van der Waals surface area contributed by atoms with Crippen molar-refractivity contribution in [1.82, 2.24) is 0 Å². The minimum atomic E-state index is -0.0733. The summed E-state index contributed by atoms with van der Waals surface area (Å²) in [4.78, 5) is 1.40. The molecule has 0 amide bonds. The molecule has 1 saturated carbocycles. The second-order valence-corrected chi connectivity index (χ2v) is 5.91. The molecule has 3 unspecified atom stereocenters. The van der Waals surface area contributed by atoms with Gasteiger partial charge in [0.05, 0.1) is 9.89 Å². The molecule has 12 heavy (non-hydrogen) atoms. The van der Waals surface area contributed by atoms with Crippen molar-refractivity contribution in [3.63, 3.8) is 0 Å². The molecule has 1 aliphatic carbocycles. The minimum absolute atomic E-state index is 0.0733. The van der Waals surface area contributed by atoms with E-state index in [0.29, 0.717) is 11.8 Å². The first-order valence-corrected chi connectivity index (χ1v) is 5.72. The normalized spacial score (nSPS) is 34.8. The number of rotatable bonds is 1. The van der Waals surface area contributed by atoms with E-state index in [-0.39, 0.29) is 6.10 Å². The molecule has 1 fully saturated rings. The summed E-state index contributed by atoms with van der Waals surface area (Å²) in [7, 11) is 0. The van der Waals surface area contributed by atoms with Gasteiger partial charge in [-0.3, -0.25) is 0 Å². The van der Waals surface area contributed by atoms with Gasteiger partial charge < -0.3 is 5.11 Å². The molecule has 1 aromatic rings. The Morgan fingerprint density at radius 1 is 1.58 bits per heavy atom. The van der Waals surface area contributed by atoms with Gasteiger partial charge in [-0.1, -0.05) is 6.92 Å². The Balaban J connectivity index is 2.12. The predicted octanol–water partition coefficient (Wildman–Crippen LogP) is 2.99. The zero-order valence-electron chi connectivity index (χ0n) is 6.83. The highest BCUT2D eigenvalue weighted by atomic mass is 79.9. The first-order chi connectivity index (χ1) is 5.68. The Labute approximate surface area is 84.6 Å². The van der Waals surface area contributed by atoms with Crippen molar-refractivity contribution >= 4 is 27.3 Å². The molecule has 1 aromatic heterocycles. The molecule has 1 nitrogen and oxygen atoms in total. The van der Waals surface area contributed by atoms with Gasteiger partial charge in [0.2, 0.25) is 0 Å². The molecule has 1 N–H and O–H groups in total. The maximum atomic E-state index is 9.35. The third-order valence-electron chi connectivity index (χ3n) is 2.70. The molecular weight excluding hydrogens is 236 g/mol. The van der Waals surface area contributed by atoms with Gasteiger partial charge in [0.15, 0.2) is 0 Å². The monoisotopic (exact) mass is 246 g/mol. The number of halogens is 1. The molecule has 66 valence electrons. The van der Waals surface area contributed by atoms with Gasteiger partial charge in [0.1, 0.15) is 0 Å². The molecule has 2 rings (SSSR count). The van der Waals surface area contributed by atoms with Crippen molar-refractivity contribution in [3.8, 4) is 0 Å². The van der Waals surface area contributed by atoms with E-state index in [1.807, 2.05) is 0 Å². The Morgan fingerprint density at radius 3 is 2.75 bits per heavy atom. The maximum absolute atomic E-state index is 9.35. The van der Waals surface area contributed by atoms with Crippen LogP contribution in [0.25, 0.3) is 0 Å². The van der Waals surface area contributed by atoms with Crippen LogP contribution in [0.4, 0.5) is 0 Å². The van der Waals surface area contributed by atoms with Crippen LogP contribution in [-0.4, -0.2) is 11.2 Å². The fraction of sp³-hybridized carbons (Fsp3) is 0.556. The van der Waals surface area contributed by atoms with E-state index in [1.165, 1.54) is 8.66 Å². The van der Waals surface area contributed by atoms with E-state index < -0.39 is 0 Å². The first-order valence-electron chi connectivity index (χ1n) is 4.12. The van der Waals surface area contributed by atoms with Crippen LogP contribution in [0.5, 0.6) is 0 Å². The number of hydrogen-bond donors (Lipinski definition) is 1. The Morgan fingerprint density at radius 2 is 2.33 bits per heavy atom. The van der Waals surface area contributed by atoms with Crippen LogP contribution in [0, 0.1) is 5.92 Å². The second kappa shape index (κ2) is 3.13. The topological polar surface area (TPSA) is 20.2 Å². The molecule has 0 aliphatic heterocycles. The lowest BCUT2D eigenvalue weighted by atomic mass is 9.71. The summed E-state index contributed by atoms with van der Waals surface area (Å²) < 4.78 is 1.19. The summed E-state index contributed by atoms with van der Waals surface area (Å²) >= 11 is 5.23. The number of thiophene rings is 1. The Hall–Kier alpha value is 0.140. The summed E-state index contributed by atoms with van der Waals surface area (Å²) in [6.45, 7) is 2.12. The smallest absolute Gasteiger partial charge is 0.0701 e. The largest absolute Gasteiger partial charge is 0.393 e. The highest BCUT2D eigenvalue weighted by Crippen LogP contribution is 2.45. The predicted molar refractivity (Wildman–Crippen MR) is 54.5 cm³/mol. The van der Waals surface area contributed by atoms with Crippen LogP contribution < -0.4 is 0 Å². The molecule has 0 radical (unpaired) electrons. The third kappa shape index (κ3) is 1.34. The molecule has 0 saturated heterocycles. The van der Waals surface area contributed by atoms with E-state index in [2.05, 4.69) is 35.0 Å². The summed E-state index contributed by atoms with van der Waals surface area (Å²) in [6.07, 6.45) is 0.865. The van der Waals surface area contributed by atoms with Crippen molar-refractivity contribution in [1.29, 1.82) is 0 Å². The van der Waals surface area contributed by atoms with E-state index >= 15 is 0 Å². The van der Waals surface area contributed by atoms with E-state index in [0.717, 1.165) is 6.42 Å². The zero-order valence-corrected chi connectivity index (χ0v) is 9.23. The SMILES string of the molecule is CC1C(O)CC1c1ccc(Br)s1. The van der Waals surface area contributed by atoms with Crippen molar-refractivity contribution in [2.45, 2.75) is 25.4 Å². The molecule has 3 heteroatoms. The maximum Gasteiger partial charge on any atom is 0.0701 e. The fourth-order valence-corrected chi connectivity index (χ4v) is 3.32. The highest BCUT2D eigenvalue weighted by molar-refractivity contribution is 9.11. The molecule has 0 bridgehead atoms. The minimum Gasteiger partial charge on any atom is -0.393 e. The standard InChI is InChI=1S/C9H11BrOS/c1-5-6(4-7(5)11)8-2-3-9(10)12-8/h2-3,5-7,11H,4H2,1H3. The summed E-state index contributed by atoms with van der Waals surface area (Å²) in [5, 5.41) is 9.35. The molecule has 3 atom stereocenters. The number of aliphatic hydroxyl groups excluding tert-OH is 1. The van der Waals surface area contributed by atoms with Gasteiger partial charge in [-0.25, -0.2) is 0 Å². The van der Waals surface area contributed by atoms with Crippen molar-refractivity contribution in [2.24, 2.45) is 5.92 Å². The second-order valence-electron chi connectivity index (χ2n) is 3.41. The highest BCUT2D eigenvalue weighted by Gasteiger charge is 2.37. The van der Waals surface area contributed by atoms with Crippen LogP contribution in [-0.2, 0) is 0 Å². The average Bonchev–Trinajstić information content (AvgIpc) is 2.46. The summed E-state index contributed by atoms with van der Waals surface area (Å²) in [5.74, 6) is 1.03. The average molecular weight is 247 g/mol. The third-order valence-corrected chi connectivity index (χ3v) is 4.45. The number of aliphatic hydroxyl groups is 1. The zero-order chi connectivity index (χ0) is 8.72. The molecule has 1 heterocycles. The molecular formula is C9H11BrOS. The van der Waals surface area contributed by atoms with E-state index in [1.54, 1.807) is 11.3 Å². The Bertz CT molecular complexity index is 284. The van der Waals surface area contributed by atoms with Gasteiger partial charge in [-0.2, -0.15) is 0 Å². The number of hydrogen-bond acceptors (Lipinski definition) is 2. The van der Waals surface area contributed by atoms with Crippen LogP contribution >= 0.6 is 27.3 Å². The lowest BCUT2D eigenvalue weighted by Gasteiger charge is -2.38. The van der Waals surface area contributed by atoms with Gasteiger partial charge >= 0.3 is 0 Å². The molecule has 0 spiro atoms. The van der Waals surface area contributed by atoms with Gasteiger partial charge in [-0.05, 0) is 40.4 Å². The quantitative estimate of drug-likeness (QED) is 0.808. The van der Waals surface area contributed by atoms with Crippen LogP contribution in [0.1, 0.15) is 24.1 Å². The van der Waals surface area contributed by atoms with E-state index in [9.17, 15) is 5.11 Å². The molecule has 1 aliphatic rings. The molecule has 0 aromatic carbocycles. The van der Waals surface area contributed by atoms with E-state index in [4.69, 9.17) is 0 Å². The first kappa shape index (κ1) is 8.73. The fourth-order valence-electron chi connectivity index (χ4n) is 1.66. The van der Waals surface area contributed by atoms with Crippen molar-refractivity contribution in [3.05, 3.63) is 20.8 Å². The van der Waals surface area contributed by atoms with Gasteiger partial charge in [-0.15, -0.1) is 11.3 Å². The van der Waals surface area contributed by atoms with Crippen molar-refractivity contribution < 1.29 is 5.11 Å². The van der Waals surface area contributed by atoms with Gasteiger partial charge in [0.25, 0.3) is 0 Å². The summed E-state index contributed by atoms with van der Waals surface area (Å²) in [5.41, 5.74) is 0. The lowest BCUT2D eigenvalue weighted by molar-refractivity contribution is 0.0129. The summed E-state index contributed by atoms with van der Waals surface area (Å²) in [6, 6.07) is 4.24. The van der Waals surface area contributed by atoms with Crippen molar-refractivity contribution in [2.75, 3.05) is 0 Å². The van der Waals surface area contributed by atoms with Crippen LogP contribution in [0.3, 0.4) is 0 Å². The van der Waals surface area contributed by atoms with Crippen LogP contribution in [0.2, 0.25) is 0 Å². The van der Waals surface area contributed by atoms with Crippen LogP contribution in [0.15, 0.2) is 15.9 Å². The lowest BCUT2D eigenvalue weighted by Crippen LogP contribution is -2.36. The van der Waals surface area contributed by atoms with Gasteiger partial charge in [0, 0.05) is 10.8 Å².